The van der Waals surface area contributed by atoms with Crippen LogP contribution in [0.5, 0.6) is 0 Å². The molecule has 1 atom stereocenters. The molecule has 0 bridgehead atoms. The normalized spacial score (nSPS) is 19.9. The second-order valence-electron chi connectivity index (χ2n) is 4.51. The molecule has 1 fully saturated rings. The minimum absolute atomic E-state index is 0.133. The first-order valence-corrected chi connectivity index (χ1v) is 8.25. The van der Waals surface area contributed by atoms with Gasteiger partial charge in [-0.2, -0.15) is 0 Å². The Labute approximate surface area is 109 Å². The van der Waals surface area contributed by atoms with Gasteiger partial charge in [-0.1, -0.05) is 6.92 Å². The van der Waals surface area contributed by atoms with Crippen molar-refractivity contribution < 1.29 is 18.3 Å². The summed E-state index contributed by atoms with van der Waals surface area (Å²) < 4.78 is 27.7. The molecule has 18 heavy (non-hydrogen) atoms. The van der Waals surface area contributed by atoms with E-state index in [1.54, 1.807) is 6.92 Å². The third-order valence-corrected chi connectivity index (χ3v) is 4.69. The van der Waals surface area contributed by atoms with E-state index in [2.05, 4.69) is 10.2 Å². The largest absolute Gasteiger partial charge is 0.390 e. The molecule has 0 saturated carbocycles. The first kappa shape index (κ1) is 15.8. The molecule has 0 radical (unpaired) electrons. The minimum atomic E-state index is -2.92. The van der Waals surface area contributed by atoms with Gasteiger partial charge in [0.05, 0.1) is 25.1 Å². The predicted octanol–water partition coefficient (Wildman–Crippen LogP) is -1.30. The zero-order valence-electron chi connectivity index (χ0n) is 11.0. The molecule has 0 aromatic heterocycles. The lowest BCUT2D eigenvalue weighted by Crippen LogP contribution is -2.44. The van der Waals surface area contributed by atoms with E-state index in [4.69, 9.17) is 4.74 Å². The van der Waals surface area contributed by atoms with Gasteiger partial charge in [-0.25, -0.2) is 8.42 Å². The highest BCUT2D eigenvalue weighted by Gasteiger charge is 2.14. The fraction of sp³-hybridized carbons (Fsp3) is 1.00. The molecule has 0 aromatic rings. The van der Waals surface area contributed by atoms with Gasteiger partial charge in [0.25, 0.3) is 0 Å². The molecule has 0 aliphatic carbocycles. The lowest BCUT2D eigenvalue weighted by atomic mass is 10.3. The lowest BCUT2D eigenvalue weighted by Gasteiger charge is -2.28. The van der Waals surface area contributed by atoms with Crippen LogP contribution >= 0.6 is 0 Å². The van der Waals surface area contributed by atoms with Crippen molar-refractivity contribution in [2.45, 2.75) is 13.0 Å². The molecule has 1 aliphatic heterocycles. The third-order valence-electron chi connectivity index (χ3n) is 2.98. The van der Waals surface area contributed by atoms with Crippen molar-refractivity contribution in [3.05, 3.63) is 0 Å². The Morgan fingerprint density at radius 1 is 1.39 bits per heavy atom. The molecule has 0 aromatic carbocycles. The number of aliphatic hydroxyl groups is 1. The van der Waals surface area contributed by atoms with E-state index in [0.717, 1.165) is 26.3 Å². The summed E-state index contributed by atoms with van der Waals surface area (Å²) in [5.74, 6) is 0.304. The standard InChI is InChI=1S/C11H24N2O4S/c1-2-18(15,16)8-3-12-9-11(14)10-13-4-6-17-7-5-13/h11-12,14H,2-10H2,1H3. The van der Waals surface area contributed by atoms with Crippen molar-refractivity contribution >= 4 is 9.84 Å². The van der Waals surface area contributed by atoms with E-state index in [-0.39, 0.29) is 11.5 Å². The fourth-order valence-electron chi connectivity index (χ4n) is 1.79. The Morgan fingerprint density at radius 3 is 2.67 bits per heavy atom. The van der Waals surface area contributed by atoms with Gasteiger partial charge in [-0.05, 0) is 0 Å². The van der Waals surface area contributed by atoms with E-state index in [1.807, 2.05) is 0 Å². The molecule has 108 valence electrons. The number of ether oxygens (including phenoxy) is 1. The molecule has 2 N–H and O–H groups in total. The molecule has 1 unspecified atom stereocenters. The second kappa shape index (κ2) is 8.06. The van der Waals surface area contributed by atoms with Gasteiger partial charge in [0.2, 0.25) is 0 Å². The zero-order chi connectivity index (χ0) is 13.4. The van der Waals surface area contributed by atoms with Crippen LogP contribution in [0.25, 0.3) is 0 Å². The fourth-order valence-corrected chi connectivity index (χ4v) is 2.53. The maximum absolute atomic E-state index is 11.2. The first-order chi connectivity index (χ1) is 8.53. The molecular weight excluding hydrogens is 256 g/mol. The summed E-state index contributed by atoms with van der Waals surface area (Å²) in [4.78, 5) is 2.15. The molecule has 1 aliphatic rings. The molecule has 1 saturated heterocycles. The van der Waals surface area contributed by atoms with E-state index < -0.39 is 15.9 Å². The Morgan fingerprint density at radius 2 is 2.06 bits per heavy atom. The van der Waals surface area contributed by atoms with Crippen LogP contribution in [0.4, 0.5) is 0 Å². The monoisotopic (exact) mass is 280 g/mol. The maximum Gasteiger partial charge on any atom is 0.151 e. The van der Waals surface area contributed by atoms with Gasteiger partial charge in [-0.3, -0.25) is 4.90 Å². The van der Waals surface area contributed by atoms with Crippen LogP contribution in [-0.2, 0) is 14.6 Å². The SMILES string of the molecule is CCS(=O)(=O)CCNCC(O)CN1CCOCC1. The Balaban J connectivity index is 2.07. The van der Waals surface area contributed by atoms with Crippen molar-refractivity contribution in [1.29, 1.82) is 0 Å². The number of sulfone groups is 1. The third kappa shape index (κ3) is 6.65. The number of nitrogens with one attached hydrogen (secondary N) is 1. The summed E-state index contributed by atoms with van der Waals surface area (Å²) in [5, 5.41) is 12.8. The number of morpholine rings is 1. The van der Waals surface area contributed by atoms with Crippen LogP contribution in [0.3, 0.4) is 0 Å². The van der Waals surface area contributed by atoms with Gasteiger partial charge in [-0.15, -0.1) is 0 Å². The molecule has 1 rings (SSSR count). The van der Waals surface area contributed by atoms with Crippen LogP contribution in [0, 0.1) is 0 Å². The van der Waals surface area contributed by atoms with Crippen LogP contribution < -0.4 is 5.32 Å². The highest BCUT2D eigenvalue weighted by Crippen LogP contribution is 1.98. The quantitative estimate of drug-likeness (QED) is 0.538. The highest BCUT2D eigenvalue weighted by molar-refractivity contribution is 7.91. The van der Waals surface area contributed by atoms with Crippen LogP contribution in [0.15, 0.2) is 0 Å². The number of nitrogens with zero attached hydrogens (tertiary/aromatic N) is 1. The van der Waals surface area contributed by atoms with Gasteiger partial charge in [0.15, 0.2) is 9.84 Å². The van der Waals surface area contributed by atoms with Crippen molar-refractivity contribution in [2.24, 2.45) is 0 Å². The number of β-amino-alcohol motifs (C(OH)–C–C–N with tert-alkyl or cyclic N) is 1. The van der Waals surface area contributed by atoms with Gasteiger partial charge >= 0.3 is 0 Å². The van der Waals surface area contributed by atoms with Crippen LogP contribution in [0.1, 0.15) is 6.92 Å². The van der Waals surface area contributed by atoms with E-state index in [1.165, 1.54) is 0 Å². The summed E-state index contributed by atoms with van der Waals surface area (Å²) in [6.07, 6.45) is -0.465. The summed E-state index contributed by atoms with van der Waals surface area (Å²) in [6, 6.07) is 0. The highest BCUT2D eigenvalue weighted by atomic mass is 32.2. The molecule has 0 spiro atoms. The smallest absolute Gasteiger partial charge is 0.151 e. The molecule has 1 heterocycles. The van der Waals surface area contributed by atoms with Crippen molar-refractivity contribution in [3.63, 3.8) is 0 Å². The topological polar surface area (TPSA) is 78.9 Å². The number of rotatable bonds is 8. The van der Waals surface area contributed by atoms with Crippen LogP contribution in [0.2, 0.25) is 0 Å². The van der Waals surface area contributed by atoms with Crippen molar-refractivity contribution in [3.8, 4) is 0 Å². The van der Waals surface area contributed by atoms with Gasteiger partial charge in [0.1, 0.15) is 0 Å². The average Bonchev–Trinajstić information content (AvgIpc) is 2.36. The van der Waals surface area contributed by atoms with E-state index in [9.17, 15) is 13.5 Å². The minimum Gasteiger partial charge on any atom is -0.390 e. The maximum atomic E-state index is 11.2. The van der Waals surface area contributed by atoms with Crippen molar-refractivity contribution in [1.82, 2.24) is 10.2 Å². The Kier molecular flexibility index (Phi) is 7.10. The number of aliphatic hydroxyl groups excluding tert-OH is 1. The average molecular weight is 280 g/mol. The predicted molar refractivity (Wildman–Crippen MR) is 70.5 cm³/mol. The number of hydrogen-bond donors (Lipinski definition) is 2. The summed E-state index contributed by atoms with van der Waals surface area (Å²) >= 11 is 0. The molecule has 7 heteroatoms. The molecule has 6 nitrogen and oxygen atoms in total. The van der Waals surface area contributed by atoms with Crippen molar-refractivity contribution in [2.75, 3.05) is 57.4 Å². The summed E-state index contributed by atoms with van der Waals surface area (Å²) in [7, 11) is -2.92. The summed E-state index contributed by atoms with van der Waals surface area (Å²) in [5.41, 5.74) is 0. The second-order valence-corrected chi connectivity index (χ2v) is 6.98. The van der Waals surface area contributed by atoms with E-state index >= 15 is 0 Å². The first-order valence-electron chi connectivity index (χ1n) is 6.43. The van der Waals surface area contributed by atoms with Gasteiger partial charge in [0, 0.05) is 38.5 Å². The van der Waals surface area contributed by atoms with Crippen LogP contribution in [-0.4, -0.2) is 82.0 Å². The van der Waals surface area contributed by atoms with Gasteiger partial charge < -0.3 is 15.2 Å². The Bertz CT molecular complexity index is 315. The number of hydrogen-bond acceptors (Lipinski definition) is 6. The molecular formula is C11H24N2O4S. The van der Waals surface area contributed by atoms with E-state index in [0.29, 0.717) is 19.6 Å². The summed E-state index contributed by atoms with van der Waals surface area (Å²) in [6.45, 7) is 6.21. The zero-order valence-corrected chi connectivity index (χ0v) is 11.8. The Hall–Kier alpha value is -0.210. The lowest BCUT2D eigenvalue weighted by molar-refractivity contribution is 0.0150. The molecule has 0 amide bonds.